The third-order valence-corrected chi connectivity index (χ3v) is 2.35. The number of ether oxygens (including phenoxy) is 1. The van der Waals surface area contributed by atoms with Crippen molar-refractivity contribution in [3.05, 3.63) is 17.8 Å². The maximum absolute atomic E-state index is 12.1. The van der Waals surface area contributed by atoms with E-state index < -0.39 is 5.97 Å². The minimum Gasteiger partial charge on any atom is -0.465 e. The molecule has 6 heteroatoms. The highest BCUT2D eigenvalue weighted by Crippen LogP contribution is 2.09. The summed E-state index contributed by atoms with van der Waals surface area (Å²) in [5.74, 6) is -0.580. The summed E-state index contributed by atoms with van der Waals surface area (Å²) >= 11 is 0. The van der Waals surface area contributed by atoms with Crippen LogP contribution in [-0.4, -0.2) is 41.5 Å². The van der Waals surface area contributed by atoms with Crippen molar-refractivity contribution in [2.45, 2.75) is 27.2 Å². The molecule has 1 aromatic rings. The second-order valence-electron chi connectivity index (χ2n) is 3.80. The van der Waals surface area contributed by atoms with Gasteiger partial charge in [-0.15, -0.1) is 0 Å². The zero-order chi connectivity index (χ0) is 13.5. The summed E-state index contributed by atoms with van der Waals surface area (Å²) < 4.78 is 9.88. The van der Waals surface area contributed by atoms with E-state index in [0.717, 1.165) is 6.42 Å². The third-order valence-electron chi connectivity index (χ3n) is 2.35. The number of carbonyl (C=O) groups is 2. The molecule has 1 amide bonds. The van der Waals surface area contributed by atoms with Crippen LogP contribution in [0.3, 0.4) is 0 Å². The quantitative estimate of drug-likeness (QED) is 0.717. The largest absolute Gasteiger partial charge is 0.465 e. The zero-order valence-corrected chi connectivity index (χ0v) is 10.9. The molecule has 100 valence electrons. The van der Waals surface area contributed by atoms with Crippen molar-refractivity contribution in [2.75, 3.05) is 19.7 Å². The number of nitrogens with zero attached hydrogens (tertiary/aromatic N) is 2. The van der Waals surface area contributed by atoms with Gasteiger partial charge < -0.3 is 14.1 Å². The zero-order valence-electron chi connectivity index (χ0n) is 10.9. The van der Waals surface area contributed by atoms with Crippen molar-refractivity contribution in [2.24, 2.45) is 0 Å². The Morgan fingerprint density at radius 3 is 2.67 bits per heavy atom. The summed E-state index contributed by atoms with van der Waals surface area (Å²) in [7, 11) is 0. The maximum atomic E-state index is 12.1. The highest BCUT2D eigenvalue weighted by atomic mass is 16.5. The number of aryl methyl sites for hydroxylation is 1. The fourth-order valence-electron chi connectivity index (χ4n) is 1.54. The van der Waals surface area contributed by atoms with Gasteiger partial charge in [-0.1, -0.05) is 6.92 Å². The molecule has 0 atom stereocenters. The average Bonchev–Trinajstić information content (AvgIpc) is 2.74. The van der Waals surface area contributed by atoms with Crippen molar-refractivity contribution in [1.82, 2.24) is 9.88 Å². The van der Waals surface area contributed by atoms with E-state index in [4.69, 9.17) is 9.15 Å². The van der Waals surface area contributed by atoms with Crippen LogP contribution in [0.4, 0.5) is 0 Å². The Morgan fingerprint density at radius 2 is 2.17 bits per heavy atom. The second-order valence-corrected chi connectivity index (χ2v) is 3.80. The van der Waals surface area contributed by atoms with Crippen LogP contribution in [0.1, 0.15) is 36.5 Å². The van der Waals surface area contributed by atoms with Crippen LogP contribution in [-0.2, 0) is 9.53 Å². The lowest BCUT2D eigenvalue weighted by Crippen LogP contribution is -2.37. The van der Waals surface area contributed by atoms with Crippen LogP contribution < -0.4 is 0 Å². The van der Waals surface area contributed by atoms with Crippen LogP contribution >= 0.6 is 0 Å². The summed E-state index contributed by atoms with van der Waals surface area (Å²) in [6.45, 7) is 6.04. The molecule has 1 rings (SSSR count). The van der Waals surface area contributed by atoms with E-state index in [0.29, 0.717) is 18.8 Å². The van der Waals surface area contributed by atoms with Gasteiger partial charge in [0.2, 0.25) is 5.76 Å². The van der Waals surface area contributed by atoms with Gasteiger partial charge in [-0.2, -0.15) is 0 Å². The Labute approximate surface area is 106 Å². The second kappa shape index (κ2) is 6.78. The van der Waals surface area contributed by atoms with E-state index in [9.17, 15) is 9.59 Å². The summed E-state index contributed by atoms with van der Waals surface area (Å²) in [5.41, 5.74) is 0.518. The molecule has 0 aliphatic carbocycles. The summed E-state index contributed by atoms with van der Waals surface area (Å²) in [4.78, 5) is 28.8. The smallest absolute Gasteiger partial charge is 0.325 e. The van der Waals surface area contributed by atoms with Gasteiger partial charge in [-0.25, -0.2) is 4.98 Å². The molecule has 0 aliphatic heterocycles. The highest BCUT2D eigenvalue weighted by Gasteiger charge is 2.23. The maximum Gasteiger partial charge on any atom is 0.325 e. The first-order chi connectivity index (χ1) is 8.60. The first kappa shape index (κ1) is 14.2. The number of carbonyl (C=O) groups excluding carboxylic acids is 2. The lowest BCUT2D eigenvalue weighted by atomic mass is 10.3. The molecule has 0 radical (unpaired) electrons. The normalized spacial score (nSPS) is 10.2. The van der Waals surface area contributed by atoms with Gasteiger partial charge in [0.1, 0.15) is 6.54 Å². The van der Waals surface area contributed by atoms with Gasteiger partial charge in [0.05, 0.1) is 12.3 Å². The molecule has 0 spiro atoms. The Balaban J connectivity index is 2.75. The monoisotopic (exact) mass is 254 g/mol. The lowest BCUT2D eigenvalue weighted by Gasteiger charge is -2.19. The van der Waals surface area contributed by atoms with Crippen molar-refractivity contribution >= 4 is 11.9 Å². The van der Waals surface area contributed by atoms with Crippen molar-refractivity contribution in [3.63, 3.8) is 0 Å². The first-order valence-corrected chi connectivity index (χ1v) is 5.95. The molecule has 0 aromatic carbocycles. The van der Waals surface area contributed by atoms with Crippen LogP contribution in [0.25, 0.3) is 0 Å². The molecule has 0 fully saturated rings. The van der Waals surface area contributed by atoms with Crippen molar-refractivity contribution < 1.29 is 18.7 Å². The summed E-state index contributed by atoms with van der Waals surface area (Å²) in [6, 6.07) is 0. The topological polar surface area (TPSA) is 72.6 Å². The molecule has 6 nitrogen and oxygen atoms in total. The molecule has 0 saturated heterocycles. The van der Waals surface area contributed by atoms with E-state index in [-0.39, 0.29) is 18.2 Å². The van der Waals surface area contributed by atoms with Crippen molar-refractivity contribution in [1.29, 1.82) is 0 Å². The van der Waals surface area contributed by atoms with Gasteiger partial charge in [-0.3, -0.25) is 9.59 Å². The molecule has 0 aliphatic rings. The minimum atomic E-state index is -0.420. The highest BCUT2D eigenvalue weighted by molar-refractivity contribution is 5.94. The lowest BCUT2D eigenvalue weighted by molar-refractivity contribution is -0.143. The Morgan fingerprint density at radius 1 is 1.44 bits per heavy atom. The number of hydrogen-bond acceptors (Lipinski definition) is 5. The predicted octanol–water partition coefficient (Wildman–Crippen LogP) is 1.40. The van der Waals surface area contributed by atoms with E-state index in [1.54, 1.807) is 13.8 Å². The van der Waals surface area contributed by atoms with Crippen LogP contribution in [0, 0.1) is 6.92 Å². The van der Waals surface area contributed by atoms with Crippen molar-refractivity contribution in [3.8, 4) is 0 Å². The molecule has 0 saturated carbocycles. The van der Waals surface area contributed by atoms with Gasteiger partial charge in [0.25, 0.3) is 5.91 Å². The van der Waals surface area contributed by atoms with Gasteiger partial charge >= 0.3 is 5.97 Å². The van der Waals surface area contributed by atoms with Gasteiger partial charge in [-0.05, 0) is 20.3 Å². The molecule has 0 unspecified atom stereocenters. The summed E-state index contributed by atoms with van der Waals surface area (Å²) in [6.07, 6.45) is 1.97. The minimum absolute atomic E-state index is 0.0688. The predicted molar refractivity (Wildman–Crippen MR) is 64.1 cm³/mol. The van der Waals surface area contributed by atoms with E-state index in [1.165, 1.54) is 11.3 Å². The Bertz CT molecular complexity index is 414. The molecule has 18 heavy (non-hydrogen) atoms. The Kier molecular flexibility index (Phi) is 5.35. The van der Waals surface area contributed by atoms with E-state index in [2.05, 4.69) is 4.98 Å². The fraction of sp³-hybridized carbons (Fsp3) is 0.583. The van der Waals surface area contributed by atoms with Crippen LogP contribution in [0.2, 0.25) is 0 Å². The molecule has 0 N–H and O–H groups in total. The van der Waals surface area contributed by atoms with E-state index >= 15 is 0 Å². The number of rotatable bonds is 6. The molecular weight excluding hydrogens is 236 g/mol. The number of hydrogen-bond donors (Lipinski definition) is 0. The SMILES string of the molecule is CCCN(CC(=O)OCC)C(=O)c1ocnc1C. The first-order valence-electron chi connectivity index (χ1n) is 5.95. The van der Waals surface area contributed by atoms with Crippen LogP contribution in [0.15, 0.2) is 10.8 Å². The molecular formula is C12H18N2O4. The molecule has 1 aromatic heterocycles. The summed E-state index contributed by atoms with van der Waals surface area (Å²) in [5, 5.41) is 0. The number of aromatic nitrogens is 1. The molecule has 0 bridgehead atoms. The van der Waals surface area contributed by atoms with E-state index in [1.807, 2.05) is 6.92 Å². The van der Waals surface area contributed by atoms with Gasteiger partial charge in [0, 0.05) is 6.54 Å². The Hall–Kier alpha value is -1.85. The van der Waals surface area contributed by atoms with Crippen LogP contribution in [0.5, 0.6) is 0 Å². The number of esters is 1. The third kappa shape index (κ3) is 3.58. The average molecular weight is 254 g/mol. The number of oxazole rings is 1. The number of amides is 1. The molecule has 1 heterocycles. The standard InChI is InChI=1S/C12H18N2O4/c1-4-6-14(7-10(15)17-5-2)12(16)11-9(3)13-8-18-11/h8H,4-7H2,1-3H3. The fourth-order valence-corrected chi connectivity index (χ4v) is 1.54. The van der Waals surface area contributed by atoms with Gasteiger partial charge in [0.15, 0.2) is 6.39 Å².